The van der Waals surface area contributed by atoms with Crippen molar-refractivity contribution in [1.29, 1.82) is 0 Å². The number of hydrogen-bond acceptors (Lipinski definition) is 4. The lowest BCUT2D eigenvalue weighted by atomic mass is 10.1. The van der Waals surface area contributed by atoms with Crippen LogP contribution in [0, 0.1) is 0 Å². The molecule has 16 heavy (non-hydrogen) atoms. The summed E-state index contributed by atoms with van der Waals surface area (Å²) in [5, 5.41) is 0. The third-order valence-electron chi connectivity index (χ3n) is 1.95. The van der Waals surface area contributed by atoms with Gasteiger partial charge in [0.1, 0.15) is 0 Å². The summed E-state index contributed by atoms with van der Waals surface area (Å²) in [5.74, 6) is -0.366. The molecule has 0 aliphatic rings. The van der Waals surface area contributed by atoms with E-state index in [1.807, 2.05) is 6.07 Å². The molecular formula is C10H16Cl2N2O2. The maximum atomic E-state index is 11.2. The molecule has 92 valence electrons. The first kappa shape index (κ1) is 17.6. The van der Waals surface area contributed by atoms with Crippen molar-refractivity contribution in [2.75, 3.05) is 7.11 Å². The maximum Gasteiger partial charge on any atom is 0.337 e. The molecule has 0 unspecified atom stereocenters. The molecule has 0 aliphatic heterocycles. The summed E-state index contributed by atoms with van der Waals surface area (Å²) in [6.45, 7) is 0.773. The van der Waals surface area contributed by atoms with Gasteiger partial charge in [-0.2, -0.15) is 0 Å². The lowest BCUT2D eigenvalue weighted by molar-refractivity contribution is 0.0600. The molecule has 0 aromatic heterocycles. The quantitative estimate of drug-likeness (QED) is 0.807. The minimum absolute atomic E-state index is 0. The van der Waals surface area contributed by atoms with E-state index < -0.39 is 0 Å². The van der Waals surface area contributed by atoms with Crippen LogP contribution >= 0.6 is 24.8 Å². The van der Waals surface area contributed by atoms with E-state index in [1.54, 1.807) is 12.1 Å². The first-order chi connectivity index (χ1) is 6.71. The molecule has 0 heterocycles. The van der Waals surface area contributed by atoms with Crippen LogP contribution < -0.4 is 11.5 Å². The molecule has 0 spiro atoms. The Kier molecular flexibility index (Phi) is 9.18. The molecule has 1 aromatic rings. The van der Waals surface area contributed by atoms with E-state index in [9.17, 15) is 4.79 Å². The Morgan fingerprint density at radius 1 is 1.12 bits per heavy atom. The number of carbonyl (C=O) groups is 1. The van der Waals surface area contributed by atoms with Gasteiger partial charge in [-0.3, -0.25) is 0 Å². The second-order valence-corrected chi connectivity index (χ2v) is 2.94. The second kappa shape index (κ2) is 8.35. The van der Waals surface area contributed by atoms with Gasteiger partial charge in [0.25, 0.3) is 0 Å². The highest BCUT2D eigenvalue weighted by atomic mass is 35.5. The van der Waals surface area contributed by atoms with Crippen LogP contribution in [0.15, 0.2) is 18.2 Å². The smallest absolute Gasteiger partial charge is 0.337 e. The number of nitrogens with two attached hydrogens (primary N) is 2. The minimum Gasteiger partial charge on any atom is -0.465 e. The SMILES string of the molecule is COC(=O)c1cc(CN)cc(CN)c1.Cl.Cl. The Labute approximate surface area is 107 Å². The Hall–Kier alpha value is -0.810. The highest BCUT2D eigenvalue weighted by Crippen LogP contribution is 2.10. The van der Waals surface area contributed by atoms with E-state index in [0.29, 0.717) is 18.7 Å². The van der Waals surface area contributed by atoms with E-state index >= 15 is 0 Å². The first-order valence-corrected chi connectivity index (χ1v) is 4.32. The van der Waals surface area contributed by atoms with Crippen LogP contribution in [0.3, 0.4) is 0 Å². The summed E-state index contributed by atoms with van der Waals surface area (Å²) >= 11 is 0. The van der Waals surface area contributed by atoms with Crippen molar-refractivity contribution in [2.24, 2.45) is 11.5 Å². The van der Waals surface area contributed by atoms with Gasteiger partial charge in [-0.25, -0.2) is 4.79 Å². The molecule has 0 atom stereocenters. The van der Waals surface area contributed by atoms with Gasteiger partial charge >= 0.3 is 5.97 Å². The number of halogens is 2. The zero-order valence-corrected chi connectivity index (χ0v) is 10.6. The highest BCUT2D eigenvalue weighted by Gasteiger charge is 2.07. The van der Waals surface area contributed by atoms with E-state index in [-0.39, 0.29) is 30.8 Å². The molecule has 0 saturated carbocycles. The first-order valence-electron chi connectivity index (χ1n) is 4.32. The summed E-state index contributed by atoms with van der Waals surface area (Å²) in [5.41, 5.74) is 13.2. The number of ether oxygens (including phenoxy) is 1. The fourth-order valence-electron chi connectivity index (χ4n) is 1.23. The number of benzene rings is 1. The lowest BCUT2D eigenvalue weighted by Gasteiger charge is -2.05. The Bertz CT molecular complexity index is 323. The van der Waals surface area contributed by atoms with Gasteiger partial charge in [0, 0.05) is 13.1 Å². The van der Waals surface area contributed by atoms with Crippen molar-refractivity contribution in [3.05, 3.63) is 34.9 Å². The predicted octanol–water partition coefficient (Wildman–Crippen LogP) is 1.23. The van der Waals surface area contributed by atoms with Crippen LogP contribution in [0.4, 0.5) is 0 Å². The highest BCUT2D eigenvalue weighted by molar-refractivity contribution is 5.89. The largest absolute Gasteiger partial charge is 0.465 e. The zero-order valence-electron chi connectivity index (χ0n) is 8.93. The summed E-state index contributed by atoms with van der Waals surface area (Å²) < 4.78 is 4.61. The molecule has 1 aromatic carbocycles. The topological polar surface area (TPSA) is 78.3 Å². The van der Waals surface area contributed by atoms with Crippen molar-refractivity contribution in [3.63, 3.8) is 0 Å². The van der Waals surface area contributed by atoms with Gasteiger partial charge in [0.15, 0.2) is 0 Å². The van der Waals surface area contributed by atoms with Gasteiger partial charge in [0.05, 0.1) is 12.7 Å². The van der Waals surface area contributed by atoms with E-state index in [1.165, 1.54) is 7.11 Å². The van der Waals surface area contributed by atoms with Crippen molar-refractivity contribution < 1.29 is 9.53 Å². The molecule has 4 nitrogen and oxygen atoms in total. The van der Waals surface area contributed by atoms with Gasteiger partial charge < -0.3 is 16.2 Å². The van der Waals surface area contributed by atoms with Gasteiger partial charge in [-0.05, 0) is 23.3 Å². The fourth-order valence-corrected chi connectivity index (χ4v) is 1.23. The molecule has 6 heteroatoms. The number of rotatable bonds is 3. The van der Waals surface area contributed by atoms with Crippen LogP contribution in [-0.4, -0.2) is 13.1 Å². The van der Waals surface area contributed by atoms with E-state index in [4.69, 9.17) is 11.5 Å². The van der Waals surface area contributed by atoms with Crippen LogP contribution in [0.25, 0.3) is 0 Å². The molecule has 1 rings (SSSR count). The molecular weight excluding hydrogens is 251 g/mol. The average Bonchev–Trinajstić information content (AvgIpc) is 2.27. The maximum absolute atomic E-state index is 11.2. The van der Waals surface area contributed by atoms with Crippen LogP contribution in [0.5, 0.6) is 0 Å². The molecule has 0 amide bonds. The van der Waals surface area contributed by atoms with Crippen molar-refractivity contribution in [3.8, 4) is 0 Å². The van der Waals surface area contributed by atoms with Gasteiger partial charge in [0.2, 0.25) is 0 Å². The summed E-state index contributed by atoms with van der Waals surface area (Å²) in [7, 11) is 1.35. The van der Waals surface area contributed by atoms with Crippen LogP contribution in [0.1, 0.15) is 21.5 Å². The standard InChI is InChI=1S/C10H14N2O2.2ClH/c1-14-10(13)9-3-7(5-11)2-8(4-9)6-12;;/h2-4H,5-6,11-12H2,1H3;2*1H. The third-order valence-corrected chi connectivity index (χ3v) is 1.95. The second-order valence-electron chi connectivity index (χ2n) is 2.94. The average molecular weight is 267 g/mol. The number of hydrogen-bond donors (Lipinski definition) is 2. The molecule has 0 aliphatic carbocycles. The van der Waals surface area contributed by atoms with Crippen LogP contribution in [-0.2, 0) is 17.8 Å². The number of carbonyl (C=O) groups excluding carboxylic acids is 1. The summed E-state index contributed by atoms with van der Waals surface area (Å²) in [4.78, 5) is 11.2. The summed E-state index contributed by atoms with van der Waals surface area (Å²) in [6, 6.07) is 5.31. The molecule has 0 radical (unpaired) electrons. The molecule has 0 fully saturated rings. The zero-order chi connectivity index (χ0) is 10.6. The van der Waals surface area contributed by atoms with E-state index in [0.717, 1.165) is 11.1 Å². The molecule has 4 N–H and O–H groups in total. The van der Waals surface area contributed by atoms with Gasteiger partial charge in [-0.15, -0.1) is 24.8 Å². The van der Waals surface area contributed by atoms with Crippen LogP contribution in [0.2, 0.25) is 0 Å². The fraction of sp³-hybridized carbons (Fsp3) is 0.300. The van der Waals surface area contributed by atoms with Gasteiger partial charge in [-0.1, -0.05) is 6.07 Å². The predicted molar refractivity (Wildman–Crippen MR) is 68.1 cm³/mol. The van der Waals surface area contributed by atoms with Crippen molar-refractivity contribution in [2.45, 2.75) is 13.1 Å². The lowest BCUT2D eigenvalue weighted by Crippen LogP contribution is -2.07. The van der Waals surface area contributed by atoms with E-state index in [2.05, 4.69) is 4.74 Å². The number of methoxy groups -OCH3 is 1. The van der Waals surface area contributed by atoms with Crippen molar-refractivity contribution in [1.82, 2.24) is 0 Å². The summed E-state index contributed by atoms with van der Waals surface area (Å²) in [6.07, 6.45) is 0. The Morgan fingerprint density at radius 2 is 1.56 bits per heavy atom. The Morgan fingerprint density at radius 3 is 1.88 bits per heavy atom. The normalized spacial score (nSPS) is 8.69. The minimum atomic E-state index is -0.366. The molecule has 0 saturated heterocycles. The Balaban J connectivity index is 0. The van der Waals surface area contributed by atoms with Crippen molar-refractivity contribution >= 4 is 30.8 Å². The monoisotopic (exact) mass is 266 g/mol. The number of esters is 1. The molecule has 0 bridgehead atoms. The third kappa shape index (κ3) is 4.37.